The monoisotopic (exact) mass is 285 g/mol. The van der Waals surface area contributed by atoms with Crippen LogP contribution in [0.15, 0.2) is 31.1 Å². The topological polar surface area (TPSA) is 76.7 Å². The van der Waals surface area contributed by atoms with Gasteiger partial charge in [0.25, 0.3) is 0 Å². The first kappa shape index (κ1) is 11.4. The number of hydrogen-bond acceptors (Lipinski definition) is 5. The number of aromatic amines is 1. The molecule has 0 amide bonds. The van der Waals surface area contributed by atoms with Crippen LogP contribution in [0.1, 0.15) is 10.7 Å². The van der Waals surface area contributed by atoms with Crippen LogP contribution in [-0.2, 0) is 6.54 Å². The Morgan fingerprint density at radius 2 is 2.35 bits per heavy atom. The quantitative estimate of drug-likeness (QED) is 0.622. The molecule has 4 aromatic heterocycles. The first-order valence-corrected chi connectivity index (χ1v) is 6.93. The van der Waals surface area contributed by atoms with E-state index in [1.807, 2.05) is 28.4 Å². The number of nitrogens with one attached hydrogen (secondary N) is 1. The number of rotatable bonds is 3. The molecule has 0 aliphatic carbocycles. The summed E-state index contributed by atoms with van der Waals surface area (Å²) in [5.74, 6) is 0.850. The third-order valence-corrected chi connectivity index (χ3v) is 3.82. The van der Waals surface area contributed by atoms with Gasteiger partial charge in [0.1, 0.15) is 10.7 Å². The molecule has 20 heavy (non-hydrogen) atoms. The molecule has 0 spiro atoms. The molecule has 8 heteroatoms. The van der Waals surface area contributed by atoms with Crippen molar-refractivity contribution >= 4 is 16.3 Å². The lowest BCUT2D eigenvalue weighted by molar-refractivity contribution is 0.783. The van der Waals surface area contributed by atoms with Crippen molar-refractivity contribution in [2.45, 2.75) is 13.5 Å². The Hall–Kier alpha value is -2.48. The summed E-state index contributed by atoms with van der Waals surface area (Å²) in [6.45, 7) is 2.63. The van der Waals surface area contributed by atoms with Crippen molar-refractivity contribution in [1.29, 1.82) is 0 Å². The van der Waals surface area contributed by atoms with Gasteiger partial charge in [-0.05, 0) is 6.92 Å². The van der Waals surface area contributed by atoms with E-state index in [-0.39, 0.29) is 0 Å². The molecule has 0 bridgehead atoms. The molecule has 4 aromatic rings. The standard InChI is InChI=1S/C12H11N7S/c1-8-17-19-6-9(16-12(19)20-8)5-18-3-2-14-11(18)10-4-13-7-15-10/h2-4,6-7H,5H2,1H3,(H,13,15). The Morgan fingerprint density at radius 3 is 3.15 bits per heavy atom. The van der Waals surface area contributed by atoms with E-state index in [4.69, 9.17) is 0 Å². The maximum Gasteiger partial charge on any atom is 0.212 e. The smallest absolute Gasteiger partial charge is 0.212 e. The molecule has 100 valence electrons. The van der Waals surface area contributed by atoms with Crippen LogP contribution in [-0.4, -0.2) is 34.1 Å². The van der Waals surface area contributed by atoms with Gasteiger partial charge < -0.3 is 9.55 Å². The summed E-state index contributed by atoms with van der Waals surface area (Å²) in [6, 6.07) is 0. The third kappa shape index (κ3) is 1.81. The molecule has 0 fully saturated rings. The van der Waals surface area contributed by atoms with Crippen molar-refractivity contribution in [2.24, 2.45) is 0 Å². The predicted molar refractivity (Wildman–Crippen MR) is 74.5 cm³/mol. The summed E-state index contributed by atoms with van der Waals surface area (Å²) >= 11 is 1.59. The second-order valence-corrected chi connectivity index (χ2v) is 5.58. The molecule has 0 saturated carbocycles. The van der Waals surface area contributed by atoms with Gasteiger partial charge in [-0.1, -0.05) is 11.3 Å². The molecule has 0 aliphatic rings. The molecular weight excluding hydrogens is 274 g/mol. The molecule has 0 saturated heterocycles. The first-order chi connectivity index (χ1) is 9.79. The van der Waals surface area contributed by atoms with Gasteiger partial charge in [0.15, 0.2) is 5.82 Å². The summed E-state index contributed by atoms with van der Waals surface area (Å²) in [4.78, 5) is 16.9. The van der Waals surface area contributed by atoms with Crippen molar-refractivity contribution in [3.05, 3.63) is 41.8 Å². The van der Waals surface area contributed by atoms with Crippen LogP contribution in [0.5, 0.6) is 0 Å². The molecule has 7 nitrogen and oxygen atoms in total. The Bertz CT molecular complexity index is 820. The average Bonchev–Trinajstić information content (AvgIpc) is 3.12. The van der Waals surface area contributed by atoms with Gasteiger partial charge in [0.05, 0.1) is 31.0 Å². The minimum Gasteiger partial charge on any atom is -0.342 e. The summed E-state index contributed by atoms with van der Waals surface area (Å²) in [6.07, 6.45) is 9.07. The lowest BCUT2D eigenvalue weighted by Crippen LogP contribution is -2.01. The average molecular weight is 285 g/mol. The van der Waals surface area contributed by atoms with E-state index in [1.54, 1.807) is 30.1 Å². The largest absolute Gasteiger partial charge is 0.342 e. The van der Waals surface area contributed by atoms with Gasteiger partial charge >= 0.3 is 0 Å². The Kier molecular flexibility index (Phi) is 2.43. The van der Waals surface area contributed by atoms with Gasteiger partial charge in [-0.25, -0.2) is 19.5 Å². The van der Waals surface area contributed by atoms with Crippen LogP contribution in [0.4, 0.5) is 0 Å². The van der Waals surface area contributed by atoms with E-state index in [9.17, 15) is 0 Å². The number of nitrogens with zero attached hydrogens (tertiary/aromatic N) is 6. The molecule has 1 N–H and O–H groups in total. The van der Waals surface area contributed by atoms with E-state index in [2.05, 4.69) is 25.0 Å². The van der Waals surface area contributed by atoms with Gasteiger partial charge in [-0.2, -0.15) is 5.10 Å². The highest BCUT2D eigenvalue weighted by atomic mass is 32.1. The van der Waals surface area contributed by atoms with Crippen LogP contribution >= 0.6 is 11.3 Å². The summed E-state index contributed by atoms with van der Waals surface area (Å²) in [7, 11) is 0. The number of aromatic nitrogens is 7. The zero-order valence-corrected chi connectivity index (χ0v) is 11.5. The van der Waals surface area contributed by atoms with Crippen LogP contribution in [0.3, 0.4) is 0 Å². The van der Waals surface area contributed by atoms with Crippen molar-refractivity contribution in [2.75, 3.05) is 0 Å². The lowest BCUT2D eigenvalue weighted by Gasteiger charge is -2.03. The second kappa shape index (κ2) is 4.27. The number of aryl methyl sites for hydroxylation is 1. The van der Waals surface area contributed by atoms with Gasteiger partial charge in [-0.3, -0.25) is 0 Å². The SMILES string of the molecule is Cc1nn2cc(Cn3ccnc3-c3cnc[nH]3)nc2s1. The number of H-pyrrole nitrogens is 1. The molecule has 0 unspecified atom stereocenters. The zero-order chi connectivity index (χ0) is 13.5. The van der Waals surface area contributed by atoms with Crippen molar-refractivity contribution < 1.29 is 0 Å². The van der Waals surface area contributed by atoms with Crippen LogP contribution in [0.2, 0.25) is 0 Å². The molecule has 0 radical (unpaired) electrons. The van der Waals surface area contributed by atoms with Crippen molar-refractivity contribution in [3.63, 3.8) is 0 Å². The van der Waals surface area contributed by atoms with E-state index >= 15 is 0 Å². The Balaban J connectivity index is 1.69. The normalized spacial score (nSPS) is 11.4. The summed E-state index contributed by atoms with van der Waals surface area (Å²) in [5.41, 5.74) is 1.85. The van der Waals surface area contributed by atoms with E-state index in [1.165, 1.54) is 0 Å². The van der Waals surface area contributed by atoms with Crippen molar-refractivity contribution in [1.82, 2.24) is 34.1 Å². The van der Waals surface area contributed by atoms with Gasteiger partial charge in [-0.15, -0.1) is 0 Å². The maximum absolute atomic E-state index is 4.58. The zero-order valence-electron chi connectivity index (χ0n) is 10.7. The number of hydrogen-bond donors (Lipinski definition) is 1. The third-order valence-electron chi connectivity index (χ3n) is 2.98. The predicted octanol–water partition coefficient (Wildman–Crippen LogP) is 1.73. The van der Waals surface area contributed by atoms with Gasteiger partial charge in [0, 0.05) is 12.4 Å². The Labute approximate surface area is 118 Å². The number of fused-ring (bicyclic) bond motifs is 1. The fourth-order valence-corrected chi connectivity index (χ4v) is 2.90. The lowest BCUT2D eigenvalue weighted by atomic mass is 10.4. The molecule has 0 aliphatic heterocycles. The van der Waals surface area contributed by atoms with Crippen LogP contribution in [0.25, 0.3) is 16.5 Å². The van der Waals surface area contributed by atoms with E-state index in [0.717, 1.165) is 27.2 Å². The maximum atomic E-state index is 4.58. The molecule has 0 atom stereocenters. The fraction of sp³-hybridized carbons (Fsp3) is 0.167. The molecule has 4 rings (SSSR count). The fourth-order valence-electron chi connectivity index (χ4n) is 2.15. The minimum absolute atomic E-state index is 0.656. The van der Waals surface area contributed by atoms with Crippen molar-refractivity contribution in [3.8, 4) is 11.5 Å². The summed E-state index contributed by atoms with van der Waals surface area (Å²) < 4.78 is 3.86. The number of imidazole rings is 3. The van der Waals surface area contributed by atoms with E-state index < -0.39 is 0 Å². The molecular formula is C12H11N7S. The highest BCUT2D eigenvalue weighted by Gasteiger charge is 2.10. The first-order valence-electron chi connectivity index (χ1n) is 6.11. The second-order valence-electron chi connectivity index (χ2n) is 4.42. The minimum atomic E-state index is 0.656. The highest BCUT2D eigenvalue weighted by Crippen LogP contribution is 2.17. The van der Waals surface area contributed by atoms with E-state index in [0.29, 0.717) is 6.54 Å². The Morgan fingerprint density at radius 1 is 1.40 bits per heavy atom. The molecule has 4 heterocycles. The molecule has 0 aromatic carbocycles. The highest BCUT2D eigenvalue weighted by molar-refractivity contribution is 7.16. The van der Waals surface area contributed by atoms with Gasteiger partial charge in [0.2, 0.25) is 4.96 Å². The van der Waals surface area contributed by atoms with Crippen LogP contribution in [0, 0.1) is 6.92 Å². The summed E-state index contributed by atoms with van der Waals surface area (Å²) in [5, 5.41) is 5.38. The van der Waals surface area contributed by atoms with Crippen LogP contribution < -0.4 is 0 Å².